The second kappa shape index (κ2) is 5.08. The zero-order valence-corrected chi connectivity index (χ0v) is 11.9. The number of aryl methyl sites for hydroxylation is 1. The summed E-state index contributed by atoms with van der Waals surface area (Å²) in [5.74, 6) is 0. The lowest BCUT2D eigenvalue weighted by Gasteiger charge is -2.25. The summed E-state index contributed by atoms with van der Waals surface area (Å²) in [6.45, 7) is 2.47. The Bertz CT molecular complexity index is 548. The van der Waals surface area contributed by atoms with Crippen LogP contribution in [0, 0.1) is 0 Å². The van der Waals surface area contributed by atoms with Gasteiger partial charge >= 0.3 is 0 Å². The molecule has 2 atom stereocenters. The van der Waals surface area contributed by atoms with E-state index in [0.29, 0.717) is 12.6 Å². The fourth-order valence-corrected chi connectivity index (χ4v) is 3.55. The van der Waals surface area contributed by atoms with Gasteiger partial charge in [0.05, 0.1) is 0 Å². The fraction of sp³-hybridized carbons (Fsp3) is 0.375. The minimum Gasteiger partial charge on any atom is -0.383 e. The van der Waals surface area contributed by atoms with E-state index in [4.69, 9.17) is 0 Å². The second-order valence-corrected chi connectivity index (χ2v) is 6.37. The quantitative estimate of drug-likeness (QED) is 0.896. The van der Waals surface area contributed by atoms with Crippen LogP contribution in [0.4, 0.5) is 0 Å². The molecule has 19 heavy (non-hydrogen) atoms. The number of thiophene rings is 1. The van der Waals surface area contributed by atoms with Gasteiger partial charge in [-0.05, 0) is 42.3 Å². The number of fused-ring (bicyclic) bond motifs is 1. The maximum absolute atomic E-state index is 10.5. The van der Waals surface area contributed by atoms with Gasteiger partial charge in [0.2, 0.25) is 0 Å². The van der Waals surface area contributed by atoms with Gasteiger partial charge in [0.15, 0.2) is 0 Å². The Kier molecular flexibility index (Phi) is 3.44. The zero-order valence-electron chi connectivity index (χ0n) is 11.1. The molecule has 1 aliphatic carbocycles. The Hall–Kier alpha value is -1.16. The van der Waals surface area contributed by atoms with Crippen LogP contribution in [0.1, 0.15) is 35.4 Å². The predicted molar refractivity (Wildman–Crippen MR) is 79.4 cm³/mol. The first-order valence-corrected chi connectivity index (χ1v) is 7.62. The molecule has 3 heteroatoms. The summed E-state index contributed by atoms with van der Waals surface area (Å²) >= 11 is 1.61. The molecule has 1 aliphatic rings. The van der Waals surface area contributed by atoms with Gasteiger partial charge in [0.1, 0.15) is 5.60 Å². The Morgan fingerprint density at radius 3 is 2.95 bits per heavy atom. The maximum Gasteiger partial charge on any atom is 0.108 e. The van der Waals surface area contributed by atoms with Crippen LogP contribution in [0.3, 0.4) is 0 Å². The summed E-state index contributed by atoms with van der Waals surface area (Å²) in [5.41, 5.74) is 2.05. The molecule has 100 valence electrons. The number of nitrogens with one attached hydrogen (secondary N) is 1. The van der Waals surface area contributed by atoms with Gasteiger partial charge in [-0.2, -0.15) is 0 Å². The van der Waals surface area contributed by atoms with E-state index < -0.39 is 5.60 Å². The van der Waals surface area contributed by atoms with Gasteiger partial charge in [-0.1, -0.05) is 30.3 Å². The van der Waals surface area contributed by atoms with Crippen molar-refractivity contribution in [3.63, 3.8) is 0 Å². The Balaban J connectivity index is 1.68. The molecule has 3 rings (SSSR count). The number of benzene rings is 1. The number of aliphatic hydroxyl groups is 1. The summed E-state index contributed by atoms with van der Waals surface area (Å²) in [5, 5.41) is 16.1. The van der Waals surface area contributed by atoms with Crippen molar-refractivity contribution in [1.82, 2.24) is 5.32 Å². The third-order valence-corrected chi connectivity index (χ3v) is 5.00. The van der Waals surface area contributed by atoms with Crippen LogP contribution < -0.4 is 5.32 Å². The van der Waals surface area contributed by atoms with Gasteiger partial charge in [-0.25, -0.2) is 0 Å². The highest BCUT2D eigenvalue weighted by molar-refractivity contribution is 7.10. The summed E-state index contributed by atoms with van der Waals surface area (Å²) in [7, 11) is 0. The van der Waals surface area contributed by atoms with E-state index in [1.807, 2.05) is 24.4 Å². The standard InChI is InChI=1S/C16H19NOS/c1-16(18,15-7-4-10-19-15)11-17-14-9-8-12-5-2-3-6-13(12)14/h2-7,10,14,17-18H,8-9,11H2,1H3. The molecule has 2 nitrogen and oxygen atoms in total. The average Bonchev–Trinajstić information content (AvgIpc) is 3.07. The SMILES string of the molecule is CC(O)(CNC1CCc2ccccc21)c1cccs1. The van der Waals surface area contributed by atoms with E-state index in [1.165, 1.54) is 11.1 Å². The van der Waals surface area contributed by atoms with Crippen molar-refractivity contribution < 1.29 is 5.11 Å². The van der Waals surface area contributed by atoms with E-state index in [0.717, 1.165) is 17.7 Å². The highest BCUT2D eigenvalue weighted by Crippen LogP contribution is 2.32. The largest absolute Gasteiger partial charge is 0.383 e. The molecule has 0 fully saturated rings. The van der Waals surface area contributed by atoms with Crippen LogP contribution in [-0.4, -0.2) is 11.7 Å². The van der Waals surface area contributed by atoms with Crippen LogP contribution in [-0.2, 0) is 12.0 Å². The number of hydrogen-bond acceptors (Lipinski definition) is 3. The number of hydrogen-bond donors (Lipinski definition) is 2. The topological polar surface area (TPSA) is 32.3 Å². The first-order chi connectivity index (χ1) is 9.17. The van der Waals surface area contributed by atoms with Gasteiger partial charge in [0, 0.05) is 17.5 Å². The van der Waals surface area contributed by atoms with Crippen molar-refractivity contribution >= 4 is 11.3 Å². The molecule has 1 aromatic carbocycles. The molecule has 0 radical (unpaired) electrons. The number of rotatable bonds is 4. The molecule has 0 bridgehead atoms. The van der Waals surface area contributed by atoms with E-state index in [1.54, 1.807) is 11.3 Å². The van der Waals surface area contributed by atoms with E-state index in [9.17, 15) is 5.11 Å². The molecule has 2 aromatic rings. The van der Waals surface area contributed by atoms with Crippen molar-refractivity contribution in [1.29, 1.82) is 0 Å². The third kappa shape index (κ3) is 2.59. The molecule has 0 amide bonds. The molecule has 2 N–H and O–H groups in total. The Morgan fingerprint density at radius 1 is 1.32 bits per heavy atom. The maximum atomic E-state index is 10.5. The third-order valence-electron chi connectivity index (χ3n) is 3.88. The normalized spacial score (nSPS) is 21.1. The fourth-order valence-electron chi connectivity index (χ4n) is 2.76. The van der Waals surface area contributed by atoms with E-state index in [2.05, 4.69) is 29.6 Å². The second-order valence-electron chi connectivity index (χ2n) is 5.42. The first kappa shape index (κ1) is 12.9. The molecule has 0 saturated carbocycles. The molecular formula is C16H19NOS. The highest BCUT2D eigenvalue weighted by atomic mass is 32.1. The lowest BCUT2D eigenvalue weighted by Crippen LogP contribution is -2.36. The Morgan fingerprint density at radius 2 is 2.16 bits per heavy atom. The van der Waals surface area contributed by atoms with E-state index >= 15 is 0 Å². The lowest BCUT2D eigenvalue weighted by molar-refractivity contribution is 0.0575. The van der Waals surface area contributed by atoms with Crippen molar-refractivity contribution in [3.05, 3.63) is 57.8 Å². The first-order valence-electron chi connectivity index (χ1n) is 6.74. The summed E-state index contributed by atoms with van der Waals surface area (Å²) < 4.78 is 0. The Labute approximate surface area is 118 Å². The molecule has 0 saturated heterocycles. The van der Waals surface area contributed by atoms with E-state index in [-0.39, 0.29) is 0 Å². The van der Waals surface area contributed by atoms with Crippen LogP contribution in [0.5, 0.6) is 0 Å². The van der Waals surface area contributed by atoms with Crippen molar-refractivity contribution in [2.24, 2.45) is 0 Å². The van der Waals surface area contributed by atoms with Crippen LogP contribution in [0.25, 0.3) is 0 Å². The van der Waals surface area contributed by atoms with Crippen molar-refractivity contribution in [2.75, 3.05) is 6.54 Å². The minimum absolute atomic E-state index is 0.377. The molecule has 1 heterocycles. The van der Waals surface area contributed by atoms with Gasteiger partial charge in [-0.15, -0.1) is 11.3 Å². The molecule has 0 aliphatic heterocycles. The molecule has 1 aromatic heterocycles. The van der Waals surface area contributed by atoms with Crippen LogP contribution in [0.2, 0.25) is 0 Å². The monoisotopic (exact) mass is 273 g/mol. The van der Waals surface area contributed by atoms with Crippen molar-refractivity contribution in [3.8, 4) is 0 Å². The van der Waals surface area contributed by atoms with Gasteiger partial charge in [0.25, 0.3) is 0 Å². The zero-order chi connectivity index (χ0) is 13.3. The average molecular weight is 273 g/mol. The summed E-state index contributed by atoms with van der Waals surface area (Å²) in [6, 6.07) is 12.9. The minimum atomic E-state index is -0.786. The van der Waals surface area contributed by atoms with Gasteiger partial charge in [-0.3, -0.25) is 0 Å². The molecular weight excluding hydrogens is 254 g/mol. The predicted octanol–water partition coefficient (Wildman–Crippen LogP) is 3.23. The summed E-state index contributed by atoms with van der Waals surface area (Å²) in [6.07, 6.45) is 2.26. The van der Waals surface area contributed by atoms with Crippen molar-refractivity contribution in [2.45, 2.75) is 31.4 Å². The van der Waals surface area contributed by atoms with Crippen LogP contribution in [0.15, 0.2) is 41.8 Å². The summed E-state index contributed by atoms with van der Waals surface area (Å²) in [4.78, 5) is 1.02. The smallest absolute Gasteiger partial charge is 0.108 e. The van der Waals surface area contributed by atoms with Crippen LogP contribution >= 0.6 is 11.3 Å². The molecule has 2 unspecified atom stereocenters. The lowest BCUT2D eigenvalue weighted by atomic mass is 10.0. The van der Waals surface area contributed by atoms with Gasteiger partial charge < -0.3 is 10.4 Å². The highest BCUT2D eigenvalue weighted by Gasteiger charge is 2.28. The molecule has 0 spiro atoms.